The van der Waals surface area contributed by atoms with Gasteiger partial charge in [0.1, 0.15) is 11.0 Å². The molecule has 0 saturated carbocycles. The summed E-state index contributed by atoms with van der Waals surface area (Å²) >= 11 is 0. The highest BCUT2D eigenvalue weighted by Crippen LogP contribution is 2.22. The zero-order chi connectivity index (χ0) is 16.6. The van der Waals surface area contributed by atoms with Gasteiger partial charge < -0.3 is 14.2 Å². The van der Waals surface area contributed by atoms with Gasteiger partial charge in [0.2, 0.25) is 0 Å². The first-order chi connectivity index (χ1) is 10.5. The van der Waals surface area contributed by atoms with E-state index in [4.69, 9.17) is 14.2 Å². The van der Waals surface area contributed by atoms with Crippen LogP contribution in [0.2, 0.25) is 0 Å². The van der Waals surface area contributed by atoms with Crippen molar-refractivity contribution in [2.75, 3.05) is 19.8 Å². The van der Waals surface area contributed by atoms with Crippen LogP contribution >= 0.6 is 0 Å². The molecule has 0 amide bonds. The average molecular weight is 329 g/mol. The molecular formula is C16H27NO4S. The molecule has 0 unspecified atom stereocenters. The second-order valence-corrected chi connectivity index (χ2v) is 6.07. The normalized spacial score (nSPS) is 14.8. The van der Waals surface area contributed by atoms with Gasteiger partial charge in [-0.3, -0.25) is 0 Å². The second kappa shape index (κ2) is 9.37. The van der Waals surface area contributed by atoms with E-state index in [-0.39, 0.29) is 0 Å². The minimum Gasteiger partial charge on any atom is -0.326 e. The summed E-state index contributed by atoms with van der Waals surface area (Å²) in [6.45, 7) is 10.7. The van der Waals surface area contributed by atoms with Gasteiger partial charge in [-0.25, -0.2) is 8.93 Å². The molecule has 6 heteroatoms. The smallest absolute Gasteiger partial charge is 0.299 e. The van der Waals surface area contributed by atoms with Gasteiger partial charge in [-0.1, -0.05) is 17.7 Å². The molecule has 0 fully saturated rings. The average Bonchev–Trinajstić information content (AvgIpc) is 2.48. The molecule has 0 aromatic heterocycles. The minimum absolute atomic E-state index is 0.408. The topological polar surface area (TPSA) is 56.8 Å². The summed E-state index contributed by atoms with van der Waals surface area (Å²) in [4.78, 5) is 0.704. The van der Waals surface area contributed by atoms with Crippen molar-refractivity contribution >= 4 is 11.0 Å². The van der Waals surface area contributed by atoms with Crippen molar-refractivity contribution in [3.63, 3.8) is 0 Å². The molecule has 22 heavy (non-hydrogen) atoms. The fourth-order valence-corrected chi connectivity index (χ4v) is 3.05. The molecular weight excluding hydrogens is 302 g/mol. The van der Waals surface area contributed by atoms with Gasteiger partial charge in [0.25, 0.3) is 5.97 Å². The van der Waals surface area contributed by atoms with E-state index < -0.39 is 23.0 Å². The number of rotatable bonds is 10. The van der Waals surface area contributed by atoms with Gasteiger partial charge >= 0.3 is 0 Å². The van der Waals surface area contributed by atoms with Crippen LogP contribution in [0.5, 0.6) is 0 Å². The van der Waals surface area contributed by atoms with Crippen LogP contribution in [0, 0.1) is 6.92 Å². The molecule has 1 aromatic carbocycles. The van der Waals surface area contributed by atoms with Crippen LogP contribution in [0.25, 0.3) is 0 Å². The predicted octanol–water partition coefficient (Wildman–Crippen LogP) is 2.76. The van der Waals surface area contributed by atoms with Crippen LogP contribution in [-0.4, -0.2) is 36.0 Å². The second-order valence-electron chi connectivity index (χ2n) is 4.82. The first-order valence-electron chi connectivity index (χ1n) is 7.65. The van der Waals surface area contributed by atoms with E-state index in [1.54, 1.807) is 0 Å². The van der Waals surface area contributed by atoms with E-state index in [0.29, 0.717) is 24.7 Å². The van der Waals surface area contributed by atoms with Crippen molar-refractivity contribution in [2.45, 2.75) is 51.5 Å². The summed E-state index contributed by atoms with van der Waals surface area (Å²) < 4.78 is 32.5. The lowest BCUT2D eigenvalue weighted by Crippen LogP contribution is -2.55. The first-order valence-corrected chi connectivity index (χ1v) is 8.80. The van der Waals surface area contributed by atoms with Crippen LogP contribution in [0.3, 0.4) is 0 Å². The summed E-state index contributed by atoms with van der Waals surface area (Å²) in [7, 11) is -1.37. The largest absolute Gasteiger partial charge is 0.326 e. The molecule has 0 bridgehead atoms. The van der Waals surface area contributed by atoms with Crippen LogP contribution in [0.15, 0.2) is 29.2 Å². The first kappa shape index (κ1) is 19.3. The number of nitrogens with one attached hydrogen (secondary N) is 1. The highest BCUT2D eigenvalue weighted by Gasteiger charge is 2.40. The summed E-state index contributed by atoms with van der Waals surface area (Å²) in [6.07, 6.45) is 0. The van der Waals surface area contributed by atoms with E-state index in [1.165, 1.54) is 0 Å². The Bertz CT molecular complexity index is 447. The van der Waals surface area contributed by atoms with E-state index in [9.17, 15) is 4.21 Å². The SMILES string of the molecule is CCOC(OCC)(OCC)[C@@H](C)N[S@](=O)c1ccc(C)cc1. The van der Waals surface area contributed by atoms with Crippen LogP contribution in [0.4, 0.5) is 0 Å². The molecule has 0 aliphatic heterocycles. The maximum atomic E-state index is 12.5. The number of ether oxygens (including phenoxy) is 3. The molecule has 1 rings (SSSR count). The highest BCUT2D eigenvalue weighted by atomic mass is 32.2. The third-order valence-corrected chi connectivity index (χ3v) is 4.35. The Morgan fingerprint density at radius 1 is 1.05 bits per heavy atom. The molecule has 0 saturated heterocycles. The van der Waals surface area contributed by atoms with Gasteiger partial charge in [0.05, 0.1) is 10.9 Å². The lowest BCUT2D eigenvalue weighted by Gasteiger charge is -2.37. The zero-order valence-corrected chi connectivity index (χ0v) is 14.9. The maximum Gasteiger partial charge on any atom is 0.299 e. The molecule has 0 aliphatic carbocycles. The Morgan fingerprint density at radius 3 is 1.91 bits per heavy atom. The van der Waals surface area contributed by atoms with Crippen molar-refractivity contribution < 1.29 is 18.4 Å². The Balaban J connectivity index is 2.86. The van der Waals surface area contributed by atoms with Crippen molar-refractivity contribution in [3.8, 4) is 0 Å². The third-order valence-electron chi connectivity index (χ3n) is 3.09. The van der Waals surface area contributed by atoms with Crippen molar-refractivity contribution in [2.24, 2.45) is 0 Å². The Morgan fingerprint density at radius 2 is 1.50 bits per heavy atom. The quantitative estimate of drug-likeness (QED) is 0.671. The molecule has 1 N–H and O–H groups in total. The number of aryl methyl sites for hydroxylation is 1. The molecule has 0 aliphatic rings. The molecule has 0 heterocycles. The maximum absolute atomic E-state index is 12.5. The molecule has 5 nitrogen and oxygen atoms in total. The van der Waals surface area contributed by atoms with E-state index in [1.807, 2.05) is 58.9 Å². The van der Waals surface area contributed by atoms with E-state index >= 15 is 0 Å². The van der Waals surface area contributed by atoms with Gasteiger partial charge in [-0.15, -0.1) is 0 Å². The fraction of sp³-hybridized carbons (Fsp3) is 0.625. The van der Waals surface area contributed by atoms with Gasteiger partial charge in [-0.2, -0.15) is 0 Å². The van der Waals surface area contributed by atoms with Crippen molar-refractivity contribution in [1.29, 1.82) is 0 Å². The third kappa shape index (κ3) is 5.14. The molecule has 2 atom stereocenters. The Hall–Kier alpha value is -0.790. The monoisotopic (exact) mass is 329 g/mol. The molecule has 126 valence electrons. The van der Waals surface area contributed by atoms with Crippen LogP contribution in [0.1, 0.15) is 33.3 Å². The minimum atomic E-state index is -1.37. The van der Waals surface area contributed by atoms with Crippen LogP contribution in [-0.2, 0) is 25.2 Å². The van der Waals surface area contributed by atoms with Gasteiger partial charge in [0, 0.05) is 19.8 Å². The highest BCUT2D eigenvalue weighted by molar-refractivity contribution is 7.83. The standard InChI is InChI=1S/C16H27NO4S/c1-6-19-16(20-7-2,21-8-3)14(5)17-22(18)15-11-9-13(4)10-12-15/h9-12,14,17H,6-8H2,1-5H3/t14-,22-/m1/s1. The van der Waals surface area contributed by atoms with E-state index in [0.717, 1.165) is 5.56 Å². The van der Waals surface area contributed by atoms with Crippen LogP contribution < -0.4 is 4.72 Å². The lowest BCUT2D eigenvalue weighted by atomic mass is 10.2. The predicted molar refractivity (Wildman–Crippen MR) is 87.8 cm³/mol. The Kier molecular flexibility index (Phi) is 8.20. The summed E-state index contributed by atoms with van der Waals surface area (Å²) in [5, 5.41) is 0. The molecule has 0 radical (unpaired) electrons. The van der Waals surface area contributed by atoms with Crippen molar-refractivity contribution in [3.05, 3.63) is 29.8 Å². The van der Waals surface area contributed by atoms with Gasteiger partial charge in [0.15, 0.2) is 0 Å². The summed E-state index contributed by atoms with van der Waals surface area (Å²) in [5.74, 6) is -1.24. The van der Waals surface area contributed by atoms with E-state index in [2.05, 4.69) is 4.72 Å². The van der Waals surface area contributed by atoms with Gasteiger partial charge in [-0.05, 0) is 46.8 Å². The Labute approximate surface area is 135 Å². The summed E-state index contributed by atoms with van der Waals surface area (Å²) in [5.41, 5.74) is 1.13. The number of hydrogen-bond donors (Lipinski definition) is 1. The summed E-state index contributed by atoms with van der Waals surface area (Å²) in [6, 6.07) is 7.14. The van der Waals surface area contributed by atoms with Crippen molar-refractivity contribution in [1.82, 2.24) is 4.72 Å². The molecule has 0 spiro atoms. The number of hydrogen-bond acceptors (Lipinski definition) is 4. The molecule has 1 aromatic rings. The lowest BCUT2D eigenvalue weighted by molar-refractivity contribution is -0.385. The zero-order valence-electron chi connectivity index (χ0n) is 14.0. The number of benzene rings is 1. The fourth-order valence-electron chi connectivity index (χ4n) is 2.07.